The van der Waals surface area contributed by atoms with Crippen LogP contribution in [0.3, 0.4) is 0 Å². The summed E-state index contributed by atoms with van der Waals surface area (Å²) in [6, 6.07) is 16.0. The monoisotopic (exact) mass is 392 g/mol. The molecule has 0 saturated carbocycles. The van der Waals surface area contributed by atoms with Crippen LogP contribution in [0.25, 0.3) is 16.7 Å². The predicted molar refractivity (Wildman–Crippen MR) is 109 cm³/mol. The molecule has 7 nitrogen and oxygen atoms in total. The maximum Gasteiger partial charge on any atom is 0.230 e. The zero-order valence-corrected chi connectivity index (χ0v) is 16.5. The van der Waals surface area contributed by atoms with E-state index in [1.807, 2.05) is 71.6 Å². The summed E-state index contributed by atoms with van der Waals surface area (Å²) in [6.45, 7) is 2.43. The average Bonchev–Trinajstić information content (AvgIpc) is 3.30. The minimum atomic E-state index is -0.0736. The summed E-state index contributed by atoms with van der Waals surface area (Å²) < 4.78 is 3.87. The van der Waals surface area contributed by atoms with E-state index in [1.165, 1.54) is 17.3 Å². The highest BCUT2D eigenvalue weighted by molar-refractivity contribution is 7.99. The summed E-state index contributed by atoms with van der Waals surface area (Å²) in [6.07, 6.45) is 1.66. The first-order valence-corrected chi connectivity index (χ1v) is 9.87. The molecule has 0 saturated heterocycles. The Morgan fingerprint density at radius 2 is 1.93 bits per heavy atom. The Kier molecular flexibility index (Phi) is 5.12. The van der Waals surface area contributed by atoms with Crippen LogP contribution in [0.2, 0.25) is 0 Å². The fourth-order valence-corrected chi connectivity index (χ4v) is 3.68. The number of rotatable bonds is 6. The van der Waals surface area contributed by atoms with Crippen molar-refractivity contribution in [3.05, 3.63) is 66.2 Å². The molecule has 0 fully saturated rings. The summed E-state index contributed by atoms with van der Waals surface area (Å²) in [7, 11) is 1.95. The number of fused-ring (bicyclic) bond motifs is 1. The normalized spacial score (nSPS) is 11.1. The number of aromatic nitrogens is 5. The zero-order valence-electron chi connectivity index (χ0n) is 15.7. The second-order valence-electron chi connectivity index (χ2n) is 6.46. The summed E-state index contributed by atoms with van der Waals surface area (Å²) in [5, 5.41) is 11.7. The van der Waals surface area contributed by atoms with E-state index in [0.29, 0.717) is 11.7 Å². The number of benzene rings is 2. The Labute approximate surface area is 166 Å². The molecule has 2 aromatic carbocycles. The molecular formula is C20H20N6OS. The van der Waals surface area contributed by atoms with Crippen LogP contribution in [0.1, 0.15) is 11.4 Å². The van der Waals surface area contributed by atoms with Crippen molar-refractivity contribution < 1.29 is 4.79 Å². The second-order valence-corrected chi connectivity index (χ2v) is 7.40. The van der Waals surface area contributed by atoms with E-state index in [1.54, 1.807) is 6.33 Å². The Hall–Kier alpha value is -3.13. The molecule has 4 rings (SSSR count). The van der Waals surface area contributed by atoms with Crippen molar-refractivity contribution in [1.82, 2.24) is 29.6 Å². The number of hydrogen-bond acceptors (Lipinski definition) is 5. The first-order chi connectivity index (χ1) is 13.6. The SMILES string of the molecule is Cc1ccc(-n2cnnc2SCC(=O)NCc2nc3ccccc3n2C)cc1. The van der Waals surface area contributed by atoms with Crippen LogP contribution in [-0.2, 0) is 18.4 Å². The van der Waals surface area contributed by atoms with E-state index < -0.39 is 0 Å². The summed E-state index contributed by atoms with van der Waals surface area (Å²) in [5.74, 6) is 1.01. The van der Waals surface area contributed by atoms with Crippen molar-refractivity contribution in [2.45, 2.75) is 18.6 Å². The lowest BCUT2D eigenvalue weighted by Crippen LogP contribution is -2.26. The molecule has 0 aliphatic rings. The third-order valence-electron chi connectivity index (χ3n) is 4.48. The fraction of sp³-hybridized carbons (Fsp3) is 0.200. The van der Waals surface area contributed by atoms with Gasteiger partial charge in [-0.05, 0) is 31.2 Å². The van der Waals surface area contributed by atoms with Crippen molar-refractivity contribution in [2.24, 2.45) is 7.05 Å². The van der Waals surface area contributed by atoms with Crippen LogP contribution in [0.4, 0.5) is 0 Å². The van der Waals surface area contributed by atoms with E-state index in [9.17, 15) is 4.79 Å². The molecule has 0 spiro atoms. The van der Waals surface area contributed by atoms with Gasteiger partial charge in [-0.15, -0.1) is 10.2 Å². The van der Waals surface area contributed by atoms with Gasteiger partial charge in [0.05, 0.1) is 23.3 Å². The fourth-order valence-electron chi connectivity index (χ4n) is 2.92. The van der Waals surface area contributed by atoms with Crippen molar-refractivity contribution in [1.29, 1.82) is 0 Å². The van der Waals surface area contributed by atoms with Gasteiger partial charge in [-0.2, -0.15) is 0 Å². The maximum absolute atomic E-state index is 12.3. The van der Waals surface area contributed by atoms with Crippen LogP contribution in [0, 0.1) is 6.92 Å². The van der Waals surface area contributed by atoms with Gasteiger partial charge in [0.1, 0.15) is 12.2 Å². The van der Waals surface area contributed by atoms with E-state index in [2.05, 4.69) is 20.5 Å². The van der Waals surface area contributed by atoms with E-state index in [-0.39, 0.29) is 11.7 Å². The summed E-state index contributed by atoms with van der Waals surface area (Å²) in [5.41, 5.74) is 4.13. The largest absolute Gasteiger partial charge is 0.348 e. The minimum Gasteiger partial charge on any atom is -0.348 e. The molecule has 4 aromatic rings. The van der Waals surface area contributed by atoms with Crippen molar-refractivity contribution in [3.63, 3.8) is 0 Å². The first kappa shape index (κ1) is 18.2. The number of amides is 1. The van der Waals surface area contributed by atoms with Crippen LogP contribution in [0.15, 0.2) is 60.0 Å². The highest BCUT2D eigenvalue weighted by Gasteiger charge is 2.12. The predicted octanol–water partition coefficient (Wildman–Crippen LogP) is 2.87. The van der Waals surface area contributed by atoms with Gasteiger partial charge in [0.2, 0.25) is 5.91 Å². The molecule has 0 aliphatic heterocycles. The molecule has 0 bridgehead atoms. The van der Waals surface area contributed by atoms with Gasteiger partial charge in [0.25, 0.3) is 0 Å². The van der Waals surface area contributed by atoms with Crippen LogP contribution in [0.5, 0.6) is 0 Å². The highest BCUT2D eigenvalue weighted by Crippen LogP contribution is 2.20. The molecule has 0 unspecified atom stereocenters. The zero-order chi connectivity index (χ0) is 19.5. The van der Waals surface area contributed by atoms with Crippen LogP contribution < -0.4 is 5.32 Å². The molecule has 0 aliphatic carbocycles. The van der Waals surface area contributed by atoms with Crippen molar-refractivity contribution in [2.75, 3.05) is 5.75 Å². The van der Waals surface area contributed by atoms with E-state index >= 15 is 0 Å². The van der Waals surface area contributed by atoms with Gasteiger partial charge < -0.3 is 9.88 Å². The lowest BCUT2D eigenvalue weighted by Gasteiger charge is -2.07. The Balaban J connectivity index is 1.37. The molecule has 28 heavy (non-hydrogen) atoms. The smallest absolute Gasteiger partial charge is 0.230 e. The number of aryl methyl sites for hydroxylation is 2. The third-order valence-corrected chi connectivity index (χ3v) is 5.43. The van der Waals surface area contributed by atoms with Gasteiger partial charge in [-0.1, -0.05) is 41.6 Å². The van der Waals surface area contributed by atoms with E-state index in [0.717, 1.165) is 22.5 Å². The molecule has 1 N–H and O–H groups in total. The maximum atomic E-state index is 12.3. The third kappa shape index (κ3) is 3.77. The first-order valence-electron chi connectivity index (χ1n) is 8.89. The lowest BCUT2D eigenvalue weighted by atomic mass is 10.2. The quantitative estimate of drug-likeness (QED) is 0.511. The molecule has 0 radical (unpaired) electrons. The number of carbonyl (C=O) groups excluding carboxylic acids is 1. The van der Waals surface area contributed by atoms with E-state index in [4.69, 9.17) is 0 Å². The molecule has 8 heteroatoms. The summed E-state index contributed by atoms with van der Waals surface area (Å²) in [4.78, 5) is 16.9. The number of thioether (sulfide) groups is 1. The molecule has 0 atom stereocenters. The van der Waals surface area contributed by atoms with Gasteiger partial charge >= 0.3 is 0 Å². The number of nitrogens with one attached hydrogen (secondary N) is 1. The van der Waals surface area contributed by atoms with Crippen LogP contribution >= 0.6 is 11.8 Å². The lowest BCUT2D eigenvalue weighted by molar-refractivity contribution is -0.118. The average molecular weight is 392 g/mol. The van der Waals surface area contributed by atoms with Crippen molar-refractivity contribution in [3.8, 4) is 5.69 Å². The molecular weight excluding hydrogens is 372 g/mol. The molecule has 2 heterocycles. The Morgan fingerprint density at radius 1 is 1.14 bits per heavy atom. The minimum absolute atomic E-state index is 0.0736. The molecule has 2 aromatic heterocycles. The van der Waals surface area contributed by atoms with Gasteiger partial charge in [-0.3, -0.25) is 9.36 Å². The van der Waals surface area contributed by atoms with Gasteiger partial charge in [0, 0.05) is 12.7 Å². The second kappa shape index (κ2) is 7.85. The highest BCUT2D eigenvalue weighted by atomic mass is 32.2. The van der Waals surface area contributed by atoms with Gasteiger partial charge in [-0.25, -0.2) is 4.98 Å². The molecule has 142 valence electrons. The van der Waals surface area contributed by atoms with Gasteiger partial charge in [0.15, 0.2) is 5.16 Å². The summed E-state index contributed by atoms with van der Waals surface area (Å²) >= 11 is 1.36. The standard InChI is InChI=1S/C20H20N6OS/c1-14-7-9-15(10-8-14)26-13-22-24-20(26)28-12-19(27)21-11-18-23-16-5-3-4-6-17(16)25(18)2/h3-10,13H,11-12H2,1-2H3,(H,21,27). The topological polar surface area (TPSA) is 77.6 Å². The van der Waals surface area contributed by atoms with Crippen molar-refractivity contribution >= 4 is 28.7 Å². The number of hydrogen-bond donors (Lipinski definition) is 1. The molecule has 1 amide bonds. The number of carbonyl (C=O) groups is 1. The Morgan fingerprint density at radius 3 is 2.71 bits per heavy atom. The van der Waals surface area contributed by atoms with Crippen LogP contribution in [-0.4, -0.2) is 36.0 Å². The number of para-hydroxylation sites is 2. The number of nitrogens with zero attached hydrogens (tertiary/aromatic N) is 5. The Bertz CT molecular complexity index is 1120. The number of imidazole rings is 1.